The lowest BCUT2D eigenvalue weighted by Crippen LogP contribution is -2.34. The maximum atomic E-state index is 11.6. The molecular formula is C20H39NO4. The summed E-state index contributed by atoms with van der Waals surface area (Å²) in [5, 5.41) is 3.08. The van der Waals surface area contributed by atoms with Gasteiger partial charge < -0.3 is 19.5 Å². The van der Waals surface area contributed by atoms with Gasteiger partial charge in [0.2, 0.25) is 0 Å². The van der Waals surface area contributed by atoms with Crippen molar-refractivity contribution in [2.75, 3.05) is 26.3 Å². The molecule has 0 aromatic carbocycles. The maximum absolute atomic E-state index is 11.6. The fourth-order valence-electron chi connectivity index (χ4n) is 3.03. The fourth-order valence-corrected chi connectivity index (χ4v) is 3.03. The van der Waals surface area contributed by atoms with Gasteiger partial charge in [-0.2, -0.15) is 0 Å². The molecule has 0 aliphatic carbocycles. The van der Waals surface area contributed by atoms with Gasteiger partial charge in [-0.3, -0.25) is 4.79 Å². The third kappa shape index (κ3) is 12.4. The van der Waals surface area contributed by atoms with Crippen molar-refractivity contribution < 1.29 is 19.0 Å². The smallest absolute Gasteiger partial charge is 0.319 e. The molecule has 0 aromatic heterocycles. The summed E-state index contributed by atoms with van der Waals surface area (Å²) in [6.45, 7) is 7.99. The molecule has 0 saturated carbocycles. The van der Waals surface area contributed by atoms with E-state index in [0.29, 0.717) is 19.8 Å². The summed E-state index contributed by atoms with van der Waals surface area (Å²) >= 11 is 0. The van der Waals surface area contributed by atoms with Crippen LogP contribution in [0.15, 0.2) is 0 Å². The number of unbranched alkanes of at least 4 members (excludes halogenated alkanes) is 9. The summed E-state index contributed by atoms with van der Waals surface area (Å²) in [6.07, 6.45) is 12.9. The molecule has 0 bridgehead atoms. The van der Waals surface area contributed by atoms with E-state index in [-0.39, 0.29) is 18.6 Å². The van der Waals surface area contributed by atoms with Crippen molar-refractivity contribution in [1.82, 2.24) is 5.32 Å². The van der Waals surface area contributed by atoms with E-state index in [2.05, 4.69) is 12.2 Å². The molecule has 1 aliphatic rings. The van der Waals surface area contributed by atoms with Crippen molar-refractivity contribution in [1.29, 1.82) is 0 Å². The number of esters is 1. The zero-order valence-electron chi connectivity index (χ0n) is 16.6. The zero-order chi connectivity index (χ0) is 18.4. The molecule has 1 fully saturated rings. The van der Waals surface area contributed by atoms with E-state index in [9.17, 15) is 4.79 Å². The summed E-state index contributed by atoms with van der Waals surface area (Å²) in [4.78, 5) is 11.6. The first-order chi connectivity index (χ1) is 12.0. The van der Waals surface area contributed by atoms with Crippen LogP contribution in [-0.4, -0.2) is 44.2 Å². The number of rotatable bonds is 15. The molecule has 1 rings (SSSR count). The monoisotopic (exact) mass is 357 g/mol. The quantitative estimate of drug-likeness (QED) is 0.352. The number of carbonyl (C=O) groups excluding carboxylic acids is 1. The van der Waals surface area contributed by atoms with Crippen LogP contribution in [0.3, 0.4) is 0 Å². The van der Waals surface area contributed by atoms with E-state index in [1.54, 1.807) is 0 Å². The van der Waals surface area contributed by atoms with Crippen LogP contribution in [0.4, 0.5) is 0 Å². The Morgan fingerprint density at radius 3 is 2.20 bits per heavy atom. The van der Waals surface area contributed by atoms with E-state index >= 15 is 0 Å². The average Bonchev–Trinajstić information content (AvgIpc) is 2.91. The van der Waals surface area contributed by atoms with Gasteiger partial charge in [-0.15, -0.1) is 0 Å². The normalized spacial score (nSPS) is 19.2. The third-order valence-corrected chi connectivity index (χ3v) is 4.47. The molecule has 0 amide bonds. The molecule has 1 unspecified atom stereocenters. The Morgan fingerprint density at radius 1 is 1.04 bits per heavy atom. The Hall–Kier alpha value is -0.650. The number of ether oxygens (including phenoxy) is 3. The molecule has 25 heavy (non-hydrogen) atoms. The fraction of sp³-hybridized carbons (Fsp3) is 0.950. The lowest BCUT2D eigenvalue weighted by atomic mass is 10.1. The molecule has 1 atom stereocenters. The van der Waals surface area contributed by atoms with Gasteiger partial charge in [0, 0.05) is 6.54 Å². The minimum absolute atomic E-state index is 0.00442. The summed E-state index contributed by atoms with van der Waals surface area (Å²) in [7, 11) is 0. The summed E-state index contributed by atoms with van der Waals surface area (Å²) in [5.74, 6) is -0.698. The van der Waals surface area contributed by atoms with Crippen LogP contribution < -0.4 is 5.32 Å². The Morgan fingerprint density at radius 2 is 1.64 bits per heavy atom. The molecule has 0 spiro atoms. The standard InChI is InChI=1S/C20H39NO4/c1-4-5-6-7-8-9-10-11-12-13-14-23-19(22)16-21-15-18-17-24-20(2,3)25-18/h18,21H,4-17H2,1-3H3. The highest BCUT2D eigenvalue weighted by Gasteiger charge is 2.32. The first kappa shape index (κ1) is 22.4. The molecule has 148 valence electrons. The van der Waals surface area contributed by atoms with E-state index in [4.69, 9.17) is 14.2 Å². The van der Waals surface area contributed by atoms with Crippen LogP contribution in [0.1, 0.15) is 85.0 Å². The Labute approximate surface area is 154 Å². The van der Waals surface area contributed by atoms with Crippen molar-refractivity contribution in [3.63, 3.8) is 0 Å². The molecule has 1 N–H and O–H groups in total. The lowest BCUT2D eigenvalue weighted by molar-refractivity contribution is -0.143. The lowest BCUT2D eigenvalue weighted by Gasteiger charge is -2.17. The number of hydrogen-bond donors (Lipinski definition) is 1. The Kier molecular flexibility index (Phi) is 12.1. The highest BCUT2D eigenvalue weighted by molar-refractivity contribution is 5.71. The molecule has 0 radical (unpaired) electrons. The molecule has 1 saturated heterocycles. The molecule has 0 aromatic rings. The van der Waals surface area contributed by atoms with Crippen molar-refractivity contribution in [3.8, 4) is 0 Å². The predicted molar refractivity (Wildman–Crippen MR) is 101 cm³/mol. The molecule has 5 heteroatoms. The summed E-state index contributed by atoms with van der Waals surface area (Å²) in [6, 6.07) is 0. The highest BCUT2D eigenvalue weighted by Crippen LogP contribution is 2.21. The second-order valence-electron chi connectivity index (χ2n) is 7.48. The van der Waals surface area contributed by atoms with E-state index in [0.717, 1.165) is 12.8 Å². The summed E-state index contributed by atoms with van der Waals surface area (Å²) < 4.78 is 16.4. The van der Waals surface area contributed by atoms with Crippen molar-refractivity contribution >= 4 is 5.97 Å². The molecule has 1 heterocycles. The minimum atomic E-state index is -0.512. The molecule has 5 nitrogen and oxygen atoms in total. The minimum Gasteiger partial charge on any atom is -0.465 e. The predicted octanol–water partition coefficient (Wildman–Crippen LogP) is 4.19. The first-order valence-corrected chi connectivity index (χ1v) is 10.2. The van der Waals surface area contributed by atoms with Crippen LogP contribution in [0.2, 0.25) is 0 Å². The SMILES string of the molecule is CCCCCCCCCCCCOC(=O)CNCC1COC(C)(C)O1. The Bertz CT molecular complexity index is 347. The van der Waals surface area contributed by atoms with Crippen LogP contribution in [0, 0.1) is 0 Å². The van der Waals surface area contributed by atoms with E-state index < -0.39 is 5.79 Å². The maximum Gasteiger partial charge on any atom is 0.319 e. The van der Waals surface area contributed by atoms with Crippen LogP contribution >= 0.6 is 0 Å². The number of nitrogens with one attached hydrogen (secondary N) is 1. The van der Waals surface area contributed by atoms with E-state index in [1.807, 2.05) is 13.8 Å². The van der Waals surface area contributed by atoms with Gasteiger partial charge in [-0.05, 0) is 20.3 Å². The van der Waals surface area contributed by atoms with Gasteiger partial charge in [0.25, 0.3) is 0 Å². The van der Waals surface area contributed by atoms with Crippen LogP contribution in [0.25, 0.3) is 0 Å². The second-order valence-corrected chi connectivity index (χ2v) is 7.48. The largest absolute Gasteiger partial charge is 0.465 e. The molecular weight excluding hydrogens is 318 g/mol. The topological polar surface area (TPSA) is 56.8 Å². The van der Waals surface area contributed by atoms with Crippen molar-refractivity contribution in [2.45, 2.75) is 96.9 Å². The summed E-state index contributed by atoms with van der Waals surface area (Å²) in [5.41, 5.74) is 0. The van der Waals surface area contributed by atoms with Crippen molar-refractivity contribution in [2.24, 2.45) is 0 Å². The van der Waals surface area contributed by atoms with Gasteiger partial charge in [0.05, 0.1) is 25.9 Å². The van der Waals surface area contributed by atoms with Gasteiger partial charge in [-0.1, -0.05) is 64.7 Å². The second kappa shape index (κ2) is 13.5. The van der Waals surface area contributed by atoms with Gasteiger partial charge >= 0.3 is 5.97 Å². The van der Waals surface area contributed by atoms with Gasteiger partial charge in [0.15, 0.2) is 5.79 Å². The molecule has 1 aliphatic heterocycles. The van der Waals surface area contributed by atoms with Crippen molar-refractivity contribution in [3.05, 3.63) is 0 Å². The zero-order valence-corrected chi connectivity index (χ0v) is 16.6. The third-order valence-electron chi connectivity index (χ3n) is 4.47. The number of hydrogen-bond acceptors (Lipinski definition) is 5. The van der Waals surface area contributed by atoms with Crippen LogP contribution in [-0.2, 0) is 19.0 Å². The van der Waals surface area contributed by atoms with Gasteiger partial charge in [0.1, 0.15) is 0 Å². The van der Waals surface area contributed by atoms with Gasteiger partial charge in [-0.25, -0.2) is 0 Å². The average molecular weight is 358 g/mol. The number of carbonyl (C=O) groups is 1. The van der Waals surface area contributed by atoms with E-state index in [1.165, 1.54) is 51.4 Å². The van der Waals surface area contributed by atoms with Crippen LogP contribution in [0.5, 0.6) is 0 Å². The Balaban J connectivity index is 1.81. The first-order valence-electron chi connectivity index (χ1n) is 10.2. The highest BCUT2D eigenvalue weighted by atomic mass is 16.7.